The molecule has 1 fully saturated rings. The summed E-state index contributed by atoms with van der Waals surface area (Å²) in [5, 5.41) is 0. The number of benzene rings is 1. The summed E-state index contributed by atoms with van der Waals surface area (Å²) < 4.78 is 0. The first-order valence-electron chi connectivity index (χ1n) is 10.9. The molecule has 0 aliphatic heterocycles. The molecule has 0 N–H and O–H groups in total. The fourth-order valence-corrected chi connectivity index (χ4v) is 4.18. The summed E-state index contributed by atoms with van der Waals surface area (Å²) in [6.07, 6.45) is 13.5. The van der Waals surface area contributed by atoms with Crippen molar-refractivity contribution in [2.75, 3.05) is 0 Å². The molecular weight excluding hydrogens is 336 g/mol. The Morgan fingerprint density at radius 3 is 1.44 bits per heavy atom. The second kappa shape index (κ2) is 10.8. The van der Waals surface area contributed by atoms with Gasteiger partial charge in [-0.15, -0.1) is 0 Å². The summed E-state index contributed by atoms with van der Waals surface area (Å²) >= 11 is 0. The summed E-state index contributed by atoms with van der Waals surface area (Å²) in [5.41, 5.74) is 6.25. The van der Waals surface area contributed by atoms with Crippen molar-refractivity contribution in [2.45, 2.75) is 111 Å². The van der Waals surface area contributed by atoms with E-state index >= 15 is 0 Å². The molecular formula is C24H38O3. The quantitative estimate of drug-likeness (QED) is 0.422. The van der Waals surface area contributed by atoms with E-state index in [1.807, 2.05) is 13.8 Å². The molecule has 1 aromatic carbocycles. The Labute approximate surface area is 165 Å². The fourth-order valence-electron chi connectivity index (χ4n) is 4.18. The monoisotopic (exact) mass is 374 g/mol. The van der Waals surface area contributed by atoms with Gasteiger partial charge in [0.25, 0.3) is 0 Å². The third-order valence-corrected chi connectivity index (χ3v) is 6.52. The van der Waals surface area contributed by atoms with Gasteiger partial charge in [0.1, 0.15) is 6.10 Å². The van der Waals surface area contributed by atoms with Gasteiger partial charge in [-0.05, 0) is 75.3 Å². The molecule has 1 aliphatic carbocycles. The van der Waals surface area contributed by atoms with E-state index in [9.17, 15) is 4.79 Å². The minimum absolute atomic E-state index is 0.0293. The second-order valence-electron chi connectivity index (χ2n) is 8.35. The lowest BCUT2D eigenvalue weighted by atomic mass is 9.90. The molecule has 3 heteroatoms. The van der Waals surface area contributed by atoms with Gasteiger partial charge in [-0.3, -0.25) is 4.89 Å². The largest absolute Gasteiger partial charge is 0.373 e. The lowest BCUT2D eigenvalue weighted by Crippen LogP contribution is -2.19. The van der Waals surface area contributed by atoms with Crippen LogP contribution in [-0.2, 0) is 9.78 Å². The molecule has 1 aliphatic rings. The molecule has 2 rings (SSSR count). The highest BCUT2D eigenvalue weighted by Gasteiger charge is 2.22. The van der Waals surface area contributed by atoms with Crippen LogP contribution >= 0.6 is 0 Å². The van der Waals surface area contributed by atoms with Crippen molar-refractivity contribution >= 4 is 5.97 Å². The van der Waals surface area contributed by atoms with Gasteiger partial charge in [0.05, 0.1) is 5.56 Å². The van der Waals surface area contributed by atoms with Gasteiger partial charge in [0, 0.05) is 0 Å². The van der Waals surface area contributed by atoms with E-state index in [2.05, 4.69) is 20.8 Å². The topological polar surface area (TPSA) is 35.5 Å². The zero-order valence-corrected chi connectivity index (χ0v) is 18.1. The maximum absolute atomic E-state index is 12.8. The molecule has 0 radical (unpaired) electrons. The summed E-state index contributed by atoms with van der Waals surface area (Å²) in [6, 6.07) is 0. The van der Waals surface area contributed by atoms with E-state index in [0.717, 1.165) is 47.9 Å². The third kappa shape index (κ3) is 6.07. The van der Waals surface area contributed by atoms with Crippen LogP contribution in [0.15, 0.2) is 0 Å². The van der Waals surface area contributed by atoms with Crippen molar-refractivity contribution in [1.29, 1.82) is 0 Å². The highest BCUT2D eigenvalue weighted by atomic mass is 17.2. The molecule has 0 amide bonds. The van der Waals surface area contributed by atoms with Gasteiger partial charge < -0.3 is 0 Å². The number of hydrogen-bond acceptors (Lipinski definition) is 3. The normalized spacial score (nSPS) is 17.8. The summed E-state index contributed by atoms with van der Waals surface area (Å²) in [4.78, 5) is 23.8. The lowest BCUT2D eigenvalue weighted by Gasteiger charge is -2.20. The summed E-state index contributed by atoms with van der Waals surface area (Å²) in [5.74, 6) is -0.345. The lowest BCUT2D eigenvalue weighted by molar-refractivity contribution is -0.277. The van der Waals surface area contributed by atoms with Gasteiger partial charge in [-0.25, -0.2) is 4.79 Å². The maximum Gasteiger partial charge on any atom is 0.373 e. The maximum atomic E-state index is 12.8. The van der Waals surface area contributed by atoms with Crippen LogP contribution in [0.4, 0.5) is 0 Å². The molecule has 0 unspecified atom stereocenters. The van der Waals surface area contributed by atoms with Crippen LogP contribution in [0.3, 0.4) is 0 Å². The van der Waals surface area contributed by atoms with Crippen molar-refractivity contribution in [3.63, 3.8) is 0 Å². The Morgan fingerprint density at radius 2 is 1.00 bits per heavy atom. The summed E-state index contributed by atoms with van der Waals surface area (Å²) in [7, 11) is 0. The number of hydrogen-bond donors (Lipinski definition) is 0. The van der Waals surface area contributed by atoms with Gasteiger partial charge >= 0.3 is 5.97 Å². The van der Waals surface area contributed by atoms with Crippen molar-refractivity contribution in [3.8, 4) is 0 Å². The molecule has 1 saturated carbocycles. The number of carbonyl (C=O) groups excluding carboxylic acids is 1. The van der Waals surface area contributed by atoms with Crippen molar-refractivity contribution in [1.82, 2.24) is 0 Å². The Hall–Kier alpha value is -1.35. The van der Waals surface area contributed by atoms with Gasteiger partial charge in [-0.1, -0.05) is 57.8 Å². The minimum Gasteiger partial charge on any atom is -0.293 e. The molecule has 1 aromatic rings. The fraction of sp³-hybridized carbons (Fsp3) is 0.708. The molecule has 152 valence electrons. The third-order valence-electron chi connectivity index (χ3n) is 6.52. The van der Waals surface area contributed by atoms with Crippen LogP contribution in [0.25, 0.3) is 0 Å². The van der Waals surface area contributed by atoms with E-state index in [1.54, 1.807) is 0 Å². The number of carbonyl (C=O) groups is 1. The highest BCUT2D eigenvalue weighted by molar-refractivity contribution is 5.93. The van der Waals surface area contributed by atoms with Crippen molar-refractivity contribution < 1.29 is 14.6 Å². The molecule has 0 bridgehead atoms. The van der Waals surface area contributed by atoms with Crippen LogP contribution in [-0.4, -0.2) is 12.1 Å². The predicted molar refractivity (Wildman–Crippen MR) is 111 cm³/mol. The van der Waals surface area contributed by atoms with Crippen LogP contribution in [0.1, 0.15) is 109 Å². The van der Waals surface area contributed by atoms with Crippen LogP contribution in [0.5, 0.6) is 0 Å². The summed E-state index contributed by atoms with van der Waals surface area (Å²) in [6.45, 7) is 10.3. The molecule has 0 heterocycles. The molecule has 3 nitrogen and oxygen atoms in total. The van der Waals surface area contributed by atoms with E-state index in [0.29, 0.717) is 5.56 Å². The Bertz CT molecular complexity index is 592. The second-order valence-corrected chi connectivity index (χ2v) is 8.35. The molecule has 27 heavy (non-hydrogen) atoms. The Balaban J connectivity index is 2.00. The first-order valence-corrected chi connectivity index (χ1v) is 10.9. The van der Waals surface area contributed by atoms with Gasteiger partial charge in [0.2, 0.25) is 0 Å². The van der Waals surface area contributed by atoms with Gasteiger partial charge in [-0.2, -0.15) is 4.89 Å². The van der Waals surface area contributed by atoms with Crippen molar-refractivity contribution in [3.05, 3.63) is 33.4 Å². The smallest absolute Gasteiger partial charge is 0.293 e. The molecule has 0 spiro atoms. The van der Waals surface area contributed by atoms with Gasteiger partial charge in [0.15, 0.2) is 0 Å². The average Bonchev–Trinajstić information content (AvgIpc) is 2.64. The SMILES string of the molecule is Cc1c(C)c(C)c(C(=O)OOC2CCCCCCCCCCC2)c(C)c1C. The zero-order chi connectivity index (χ0) is 19.8. The van der Waals surface area contributed by atoms with E-state index < -0.39 is 0 Å². The first kappa shape index (κ1) is 21.9. The van der Waals surface area contributed by atoms with Crippen LogP contribution in [0.2, 0.25) is 0 Å². The Morgan fingerprint density at radius 1 is 0.630 bits per heavy atom. The molecule has 0 aromatic heterocycles. The van der Waals surface area contributed by atoms with E-state index in [-0.39, 0.29) is 12.1 Å². The molecule has 0 saturated heterocycles. The first-order chi connectivity index (χ1) is 12.9. The predicted octanol–water partition coefficient (Wildman–Crippen LogP) is 6.99. The van der Waals surface area contributed by atoms with E-state index in [1.165, 1.54) is 50.5 Å². The number of rotatable bonds is 3. The minimum atomic E-state index is -0.345. The zero-order valence-electron chi connectivity index (χ0n) is 18.1. The molecule has 0 atom stereocenters. The van der Waals surface area contributed by atoms with Crippen LogP contribution < -0.4 is 0 Å². The van der Waals surface area contributed by atoms with Crippen LogP contribution in [0, 0.1) is 34.6 Å². The average molecular weight is 375 g/mol. The van der Waals surface area contributed by atoms with Crippen molar-refractivity contribution in [2.24, 2.45) is 0 Å². The Kier molecular flexibility index (Phi) is 8.82. The highest BCUT2D eigenvalue weighted by Crippen LogP contribution is 2.27. The van der Waals surface area contributed by atoms with E-state index in [4.69, 9.17) is 9.78 Å². The standard InChI is InChI=1S/C24H38O3/c1-17-18(2)20(4)23(21(5)19(17)3)24(25)27-26-22-15-13-11-9-7-6-8-10-12-14-16-22/h22H,6-16H2,1-5H3.